The molecule has 1 unspecified atom stereocenters. The molecule has 0 spiro atoms. The third-order valence-corrected chi connectivity index (χ3v) is 3.29. The molecule has 18 heavy (non-hydrogen) atoms. The maximum absolute atomic E-state index is 12.6. The van der Waals surface area contributed by atoms with Gasteiger partial charge in [0, 0.05) is 31.2 Å². The fourth-order valence-corrected chi connectivity index (χ4v) is 2.30. The minimum Gasteiger partial charge on any atom is -0.316 e. The molecule has 102 valence electrons. The van der Waals surface area contributed by atoms with Gasteiger partial charge in [-0.15, -0.1) is 12.4 Å². The van der Waals surface area contributed by atoms with E-state index in [-0.39, 0.29) is 18.0 Å². The Morgan fingerprint density at radius 1 is 1.44 bits per heavy atom. The van der Waals surface area contributed by atoms with Crippen LogP contribution in [-0.2, 0) is 6.54 Å². The van der Waals surface area contributed by atoms with E-state index in [0.29, 0.717) is 6.04 Å². The van der Waals surface area contributed by atoms with Crippen LogP contribution in [0.3, 0.4) is 0 Å². The summed E-state index contributed by atoms with van der Waals surface area (Å²) in [5, 5.41) is 3.25. The quantitative estimate of drug-likeness (QED) is 0.910. The van der Waals surface area contributed by atoms with Crippen molar-refractivity contribution in [1.29, 1.82) is 0 Å². The Labute approximate surface area is 113 Å². The Bertz CT molecular complexity index is 374. The lowest BCUT2D eigenvalue weighted by molar-refractivity contribution is 0.151. The molecule has 1 N–H and O–H groups in total. The molecule has 0 bridgehead atoms. The zero-order chi connectivity index (χ0) is 12.3. The fraction of sp³-hybridized carbons (Fsp3) is 0.538. The van der Waals surface area contributed by atoms with Gasteiger partial charge >= 0.3 is 0 Å². The van der Waals surface area contributed by atoms with Gasteiger partial charge in [0.1, 0.15) is 0 Å². The number of nitrogens with zero attached hydrogens (tertiary/aromatic N) is 1. The van der Waals surface area contributed by atoms with E-state index in [4.69, 9.17) is 0 Å². The van der Waals surface area contributed by atoms with Crippen LogP contribution in [0.4, 0.5) is 8.78 Å². The summed E-state index contributed by atoms with van der Waals surface area (Å²) in [6, 6.07) is 7.25. The standard InChI is InChI=1S/C13H18F2N2.ClH/c1-16-12-5-6-17(9-12)8-10-3-2-4-11(7-10)13(14)15;/h2-4,7,12-13,16H,5-6,8-9H2,1H3;1H. The molecule has 0 amide bonds. The third kappa shape index (κ3) is 3.90. The lowest BCUT2D eigenvalue weighted by Gasteiger charge is -2.16. The largest absolute Gasteiger partial charge is 0.316 e. The predicted molar refractivity (Wildman–Crippen MR) is 71.4 cm³/mol. The van der Waals surface area contributed by atoms with Crippen molar-refractivity contribution in [3.05, 3.63) is 35.4 Å². The van der Waals surface area contributed by atoms with Crippen molar-refractivity contribution >= 4 is 12.4 Å². The summed E-state index contributed by atoms with van der Waals surface area (Å²) in [4.78, 5) is 2.30. The molecule has 1 atom stereocenters. The molecule has 1 fully saturated rings. The summed E-state index contributed by atoms with van der Waals surface area (Å²) in [6.07, 6.45) is -1.25. The Morgan fingerprint density at radius 3 is 2.83 bits per heavy atom. The molecular weight excluding hydrogens is 258 g/mol. The average molecular weight is 277 g/mol. The predicted octanol–water partition coefficient (Wildman–Crippen LogP) is 2.84. The molecule has 1 aliphatic heterocycles. The molecule has 2 nitrogen and oxygen atoms in total. The number of halogens is 3. The van der Waals surface area contributed by atoms with E-state index < -0.39 is 6.43 Å². The molecule has 0 aromatic heterocycles. The second-order valence-electron chi connectivity index (χ2n) is 4.56. The first-order valence-corrected chi connectivity index (χ1v) is 5.95. The van der Waals surface area contributed by atoms with Gasteiger partial charge in [-0.1, -0.05) is 18.2 Å². The zero-order valence-electron chi connectivity index (χ0n) is 10.4. The maximum atomic E-state index is 12.6. The molecule has 2 rings (SSSR count). The monoisotopic (exact) mass is 276 g/mol. The van der Waals surface area contributed by atoms with E-state index in [1.54, 1.807) is 12.1 Å². The summed E-state index contributed by atoms with van der Waals surface area (Å²) in [6.45, 7) is 2.79. The third-order valence-electron chi connectivity index (χ3n) is 3.29. The Kier molecular flexibility index (Phi) is 5.99. The molecule has 1 aromatic rings. The lowest BCUT2D eigenvalue weighted by atomic mass is 10.1. The molecule has 1 heterocycles. The van der Waals surface area contributed by atoms with Crippen LogP contribution in [0.1, 0.15) is 24.0 Å². The smallest absolute Gasteiger partial charge is 0.263 e. The minimum absolute atomic E-state index is 0. The summed E-state index contributed by atoms with van der Waals surface area (Å²) >= 11 is 0. The van der Waals surface area contributed by atoms with Crippen molar-refractivity contribution in [3.8, 4) is 0 Å². The fourth-order valence-electron chi connectivity index (χ4n) is 2.30. The van der Waals surface area contributed by atoms with Gasteiger partial charge in [0.25, 0.3) is 6.43 Å². The molecule has 1 saturated heterocycles. The minimum atomic E-state index is -2.38. The van der Waals surface area contributed by atoms with Crippen LogP contribution in [0.15, 0.2) is 24.3 Å². The summed E-state index contributed by atoms with van der Waals surface area (Å²) < 4.78 is 25.1. The molecule has 1 aliphatic rings. The van der Waals surface area contributed by atoms with Gasteiger partial charge in [0.05, 0.1) is 0 Å². The SMILES string of the molecule is CNC1CCN(Cc2cccc(C(F)F)c2)C1.Cl. The summed E-state index contributed by atoms with van der Waals surface area (Å²) in [5.41, 5.74) is 1.09. The van der Waals surface area contributed by atoms with Crippen molar-refractivity contribution in [2.45, 2.75) is 25.4 Å². The van der Waals surface area contributed by atoms with E-state index in [2.05, 4.69) is 10.2 Å². The maximum Gasteiger partial charge on any atom is 0.263 e. The van der Waals surface area contributed by atoms with E-state index in [9.17, 15) is 8.78 Å². The molecule has 0 radical (unpaired) electrons. The number of likely N-dealkylation sites (tertiary alicyclic amines) is 1. The molecule has 0 saturated carbocycles. The highest BCUT2D eigenvalue weighted by Gasteiger charge is 2.20. The normalized spacial score (nSPS) is 20.1. The number of likely N-dealkylation sites (N-methyl/N-ethyl adjacent to an activating group) is 1. The summed E-state index contributed by atoms with van der Waals surface area (Å²) in [5.74, 6) is 0. The first kappa shape index (κ1) is 15.3. The van der Waals surface area contributed by atoms with Crippen molar-refractivity contribution < 1.29 is 8.78 Å². The topological polar surface area (TPSA) is 15.3 Å². The van der Waals surface area contributed by atoms with Gasteiger partial charge in [0.15, 0.2) is 0 Å². The number of rotatable bonds is 4. The van der Waals surface area contributed by atoms with Crippen LogP contribution < -0.4 is 5.32 Å². The number of benzene rings is 1. The van der Waals surface area contributed by atoms with Crippen molar-refractivity contribution in [2.75, 3.05) is 20.1 Å². The van der Waals surface area contributed by atoms with Gasteiger partial charge in [-0.05, 0) is 25.1 Å². The van der Waals surface area contributed by atoms with E-state index in [0.717, 1.165) is 31.6 Å². The van der Waals surface area contributed by atoms with Crippen molar-refractivity contribution in [2.24, 2.45) is 0 Å². The number of nitrogens with one attached hydrogen (secondary N) is 1. The van der Waals surface area contributed by atoms with Gasteiger partial charge in [-0.2, -0.15) is 0 Å². The van der Waals surface area contributed by atoms with E-state index >= 15 is 0 Å². The average Bonchev–Trinajstić information content (AvgIpc) is 2.77. The second kappa shape index (κ2) is 7.02. The van der Waals surface area contributed by atoms with Crippen LogP contribution in [-0.4, -0.2) is 31.1 Å². The molecule has 1 aromatic carbocycles. The van der Waals surface area contributed by atoms with Crippen molar-refractivity contribution in [3.63, 3.8) is 0 Å². The molecule has 0 aliphatic carbocycles. The second-order valence-corrected chi connectivity index (χ2v) is 4.56. The first-order valence-electron chi connectivity index (χ1n) is 5.95. The van der Waals surface area contributed by atoms with Crippen LogP contribution >= 0.6 is 12.4 Å². The number of hydrogen-bond donors (Lipinski definition) is 1. The zero-order valence-corrected chi connectivity index (χ0v) is 11.2. The molecule has 5 heteroatoms. The Hall–Kier alpha value is -0.710. The van der Waals surface area contributed by atoms with Gasteiger partial charge in [0.2, 0.25) is 0 Å². The number of alkyl halides is 2. The van der Waals surface area contributed by atoms with Crippen LogP contribution in [0.5, 0.6) is 0 Å². The Balaban J connectivity index is 0.00000162. The van der Waals surface area contributed by atoms with Crippen LogP contribution in [0.25, 0.3) is 0 Å². The highest BCUT2D eigenvalue weighted by atomic mass is 35.5. The van der Waals surface area contributed by atoms with Gasteiger partial charge in [-0.25, -0.2) is 8.78 Å². The number of hydrogen-bond acceptors (Lipinski definition) is 2. The Morgan fingerprint density at radius 2 is 2.22 bits per heavy atom. The van der Waals surface area contributed by atoms with Crippen LogP contribution in [0, 0.1) is 0 Å². The van der Waals surface area contributed by atoms with Crippen molar-refractivity contribution in [1.82, 2.24) is 10.2 Å². The highest BCUT2D eigenvalue weighted by Crippen LogP contribution is 2.21. The molecular formula is C13H19ClF2N2. The van der Waals surface area contributed by atoms with Crippen LogP contribution in [0.2, 0.25) is 0 Å². The lowest BCUT2D eigenvalue weighted by Crippen LogP contribution is -2.29. The highest BCUT2D eigenvalue weighted by molar-refractivity contribution is 5.85. The first-order chi connectivity index (χ1) is 8.19. The van der Waals surface area contributed by atoms with Gasteiger partial charge < -0.3 is 5.32 Å². The van der Waals surface area contributed by atoms with E-state index in [1.165, 1.54) is 6.07 Å². The van der Waals surface area contributed by atoms with Gasteiger partial charge in [-0.3, -0.25) is 4.90 Å². The summed E-state index contributed by atoms with van der Waals surface area (Å²) in [7, 11) is 1.96. The van der Waals surface area contributed by atoms with E-state index in [1.807, 2.05) is 13.1 Å².